The van der Waals surface area contributed by atoms with Crippen LogP contribution in [-0.2, 0) is 18.0 Å². The number of aromatic nitrogens is 4. The van der Waals surface area contributed by atoms with E-state index in [1.807, 2.05) is 9.80 Å². The molecule has 0 saturated carbocycles. The van der Waals surface area contributed by atoms with Crippen molar-refractivity contribution >= 4 is 62.7 Å². The Kier molecular flexibility index (Phi) is 9.38. The number of nitrogens with zero attached hydrogens (tertiary/aromatic N) is 6. The van der Waals surface area contributed by atoms with Gasteiger partial charge in [-0.3, -0.25) is 4.79 Å². The van der Waals surface area contributed by atoms with Crippen molar-refractivity contribution in [2.24, 2.45) is 0 Å². The van der Waals surface area contributed by atoms with Gasteiger partial charge in [-0.2, -0.15) is 36.3 Å². The predicted octanol–water partition coefficient (Wildman–Crippen LogP) is 7.86. The molecule has 0 spiro atoms. The van der Waals surface area contributed by atoms with Crippen molar-refractivity contribution in [2.45, 2.75) is 82.2 Å². The number of carbonyl (C=O) groups is 1. The lowest BCUT2D eigenvalue weighted by atomic mass is 9.90. The van der Waals surface area contributed by atoms with E-state index >= 15 is 0 Å². The molecule has 11 rings (SSSR count). The fourth-order valence-corrected chi connectivity index (χ4v) is 9.70. The number of fused-ring (bicyclic) bond motifs is 6. The molecule has 58 heavy (non-hydrogen) atoms. The van der Waals surface area contributed by atoms with E-state index in [4.69, 9.17) is 8.83 Å². The fraction of sp³-hybridized carbons (Fsp3) is 0.447. The second-order valence-corrected chi connectivity index (χ2v) is 17.4. The van der Waals surface area contributed by atoms with E-state index in [1.165, 1.54) is 48.7 Å². The topological polar surface area (TPSA) is 146 Å². The molecule has 4 bridgehead atoms. The number of thiazole rings is 2. The zero-order valence-corrected chi connectivity index (χ0v) is 32.8. The molecule has 5 aliphatic rings. The van der Waals surface area contributed by atoms with E-state index in [1.54, 1.807) is 23.2 Å². The van der Waals surface area contributed by atoms with E-state index in [-0.39, 0.29) is 51.9 Å². The summed E-state index contributed by atoms with van der Waals surface area (Å²) in [6, 6.07) is 4.04. The highest BCUT2D eigenvalue weighted by molar-refractivity contribution is 7.13. The molecule has 306 valence electrons. The third-order valence-electron chi connectivity index (χ3n) is 10.9. The number of piperazine rings is 2. The molecule has 2 aromatic carbocycles. The lowest BCUT2D eigenvalue weighted by Crippen LogP contribution is -2.67. The quantitative estimate of drug-likeness (QED) is 0.111. The molecule has 0 radical (unpaired) electrons. The van der Waals surface area contributed by atoms with Gasteiger partial charge in [0.15, 0.2) is 16.9 Å². The van der Waals surface area contributed by atoms with Gasteiger partial charge in [0.25, 0.3) is 12.0 Å². The summed E-state index contributed by atoms with van der Waals surface area (Å²) < 4.78 is 95.8. The lowest BCUT2D eigenvalue weighted by molar-refractivity contribution is -0.139. The fourth-order valence-electron chi connectivity index (χ4n) is 8.40. The molecule has 5 aliphatic heterocycles. The van der Waals surface area contributed by atoms with E-state index in [9.17, 15) is 36.2 Å². The Morgan fingerprint density at radius 3 is 1.64 bits per heavy atom. The maximum Gasteiger partial charge on any atom is 0.419 e. The summed E-state index contributed by atoms with van der Waals surface area (Å²) in [4.78, 5) is 32.8. The zero-order chi connectivity index (χ0) is 40.9. The molecule has 0 amide bonds. The van der Waals surface area contributed by atoms with Gasteiger partial charge in [0.05, 0.1) is 27.9 Å². The Bertz CT molecular complexity index is 2480. The number of anilines is 2. The van der Waals surface area contributed by atoms with Crippen LogP contribution < -0.4 is 20.4 Å². The van der Waals surface area contributed by atoms with E-state index in [2.05, 4.69) is 30.6 Å². The molecule has 4 atom stereocenters. The first-order chi connectivity index (χ1) is 27.4. The summed E-state index contributed by atoms with van der Waals surface area (Å²) in [5.74, 6) is -0.679. The maximum absolute atomic E-state index is 14.1. The van der Waals surface area contributed by atoms with E-state index in [0.29, 0.717) is 59.4 Å². The third-order valence-corrected chi connectivity index (χ3v) is 12.5. The third kappa shape index (κ3) is 7.01. The molecular formula is C38H36F6N8O4S2. The number of oxazole rings is 2. The van der Waals surface area contributed by atoms with Gasteiger partial charge in [-0.1, -0.05) is 0 Å². The molecule has 6 aromatic rings. The van der Waals surface area contributed by atoms with Crippen molar-refractivity contribution in [1.82, 2.24) is 30.6 Å². The normalized spacial score (nSPS) is 22.0. The average molecular weight is 847 g/mol. The van der Waals surface area contributed by atoms with Crippen LogP contribution in [0.2, 0.25) is 0 Å². The molecule has 4 aromatic heterocycles. The summed E-state index contributed by atoms with van der Waals surface area (Å²) in [7, 11) is 0. The Labute approximate surface area is 334 Å². The maximum atomic E-state index is 14.1. The summed E-state index contributed by atoms with van der Waals surface area (Å²) >= 11 is 2.56. The van der Waals surface area contributed by atoms with E-state index < -0.39 is 40.4 Å². The minimum absolute atomic E-state index is 0.0122. The molecule has 0 aliphatic carbocycles. The van der Waals surface area contributed by atoms with Gasteiger partial charge in [0, 0.05) is 79.1 Å². The average Bonchev–Trinajstić information content (AvgIpc) is 3.99. The number of hydrogen-bond acceptors (Lipinski definition) is 14. The molecule has 20 heteroatoms. The highest BCUT2D eigenvalue weighted by Crippen LogP contribution is 2.47. The minimum atomic E-state index is -4.74. The van der Waals surface area contributed by atoms with Gasteiger partial charge < -0.3 is 34.4 Å². The number of hydrogen-bond donors (Lipinski definition) is 3. The first-order valence-electron chi connectivity index (χ1n) is 18.6. The van der Waals surface area contributed by atoms with Crippen LogP contribution in [0.25, 0.3) is 43.3 Å². The van der Waals surface area contributed by atoms with Gasteiger partial charge in [0.1, 0.15) is 21.0 Å². The lowest BCUT2D eigenvalue weighted by Gasteiger charge is -2.47. The van der Waals surface area contributed by atoms with Crippen LogP contribution in [0.3, 0.4) is 0 Å². The molecule has 9 heterocycles. The Morgan fingerprint density at radius 1 is 0.759 bits per heavy atom. The molecule has 5 saturated heterocycles. The van der Waals surface area contributed by atoms with Crippen LogP contribution in [0.1, 0.15) is 67.1 Å². The Balaban J connectivity index is 0.000000150. The Morgan fingerprint density at radius 2 is 1.21 bits per heavy atom. The number of halogens is 6. The number of nitrogens with one attached hydrogen (secondary N) is 2. The van der Waals surface area contributed by atoms with Crippen molar-refractivity contribution < 1.29 is 45.1 Å². The molecular weight excluding hydrogens is 811 g/mol. The number of alkyl halides is 6. The number of aliphatic hydroxyl groups is 1. The number of carbonyl (C=O) groups excluding carboxylic acids is 1. The molecule has 4 unspecified atom stereocenters. The monoisotopic (exact) mass is 846 g/mol. The first-order valence-corrected chi connectivity index (χ1v) is 20.3. The van der Waals surface area contributed by atoms with Gasteiger partial charge in [-0.05, 0) is 57.7 Å². The predicted molar refractivity (Wildman–Crippen MR) is 205 cm³/mol. The smallest absolute Gasteiger partial charge is 0.419 e. The zero-order valence-electron chi connectivity index (χ0n) is 31.2. The van der Waals surface area contributed by atoms with E-state index in [0.717, 1.165) is 26.2 Å². The molecule has 12 nitrogen and oxygen atoms in total. The van der Waals surface area contributed by atoms with Crippen molar-refractivity contribution in [2.75, 3.05) is 36.0 Å². The van der Waals surface area contributed by atoms with Crippen molar-refractivity contribution in [3.8, 4) is 21.1 Å². The van der Waals surface area contributed by atoms with Crippen LogP contribution in [0.15, 0.2) is 44.1 Å². The van der Waals surface area contributed by atoms with Crippen LogP contribution in [0.4, 0.5) is 38.4 Å². The first kappa shape index (κ1) is 38.9. The largest absolute Gasteiger partial charge is 0.423 e. The number of rotatable bonds is 6. The van der Waals surface area contributed by atoms with Crippen LogP contribution >= 0.6 is 22.7 Å². The van der Waals surface area contributed by atoms with Gasteiger partial charge in [-0.15, -0.1) is 22.7 Å². The van der Waals surface area contributed by atoms with Gasteiger partial charge >= 0.3 is 12.4 Å². The van der Waals surface area contributed by atoms with Crippen LogP contribution in [0.5, 0.6) is 0 Å². The highest BCUT2D eigenvalue weighted by atomic mass is 32.1. The summed E-state index contributed by atoms with van der Waals surface area (Å²) in [6.45, 7) is 6.30. The second kappa shape index (κ2) is 14.0. The second-order valence-electron chi connectivity index (χ2n) is 15.6. The minimum Gasteiger partial charge on any atom is -0.423 e. The summed E-state index contributed by atoms with van der Waals surface area (Å²) in [5, 5.41) is 21.8. The number of ketones is 1. The highest BCUT2D eigenvalue weighted by Gasteiger charge is 2.44. The van der Waals surface area contributed by atoms with Crippen molar-refractivity contribution in [3.05, 3.63) is 57.5 Å². The van der Waals surface area contributed by atoms with Crippen LogP contribution in [-0.4, -0.2) is 81.2 Å². The van der Waals surface area contributed by atoms with Gasteiger partial charge in [0.2, 0.25) is 0 Å². The van der Waals surface area contributed by atoms with Crippen molar-refractivity contribution in [3.63, 3.8) is 0 Å². The summed E-state index contributed by atoms with van der Waals surface area (Å²) in [6.07, 6.45) is -3.21. The number of piperidine rings is 1. The summed E-state index contributed by atoms with van der Waals surface area (Å²) in [5.41, 5.74) is -4.21. The van der Waals surface area contributed by atoms with Crippen LogP contribution in [0, 0.1) is 0 Å². The standard InChI is InChI=1S/C19H19F3N4O2S.C19H17F3N4O2S/c1-18(2,27)12-6-11(16-23-3-4-29-16)15-14(13(12)19(20,21)22)25-17(28-15)26-7-9-5-10(8-26)24-9;1-9(27)12-6-13(17-23-4-5-29-17)16-15(14(12)19(20,21)22)25-18(28-16)26-7-10-2-3-11(8-26)24-10/h3-4,6,9-10,24,27H,5,7-8H2,1-2H3;4-6,10-11,24H,2-3,7-8H2,1H3. The van der Waals surface area contributed by atoms with Gasteiger partial charge in [-0.25, -0.2) is 9.97 Å². The molecule has 5 fully saturated rings. The molecule has 3 N–H and O–H groups in total. The SMILES string of the molecule is CC(=O)c1cc(-c2nccs2)c2oc(N3CC4CCC(C3)N4)nc2c1C(F)(F)F.CC(C)(O)c1cc(-c2nccs2)c2oc(N3CC4CC(C3)N4)nc2c1C(F)(F)F. The Hall–Kier alpha value is -4.63. The number of benzene rings is 2. The van der Waals surface area contributed by atoms with Crippen molar-refractivity contribution in [1.29, 1.82) is 0 Å². The number of Topliss-reactive ketones (excluding diaryl/α,β-unsaturated/α-hetero) is 1.